The third-order valence-corrected chi connectivity index (χ3v) is 6.00. The molecule has 3 heterocycles. The van der Waals surface area contributed by atoms with E-state index in [2.05, 4.69) is 17.2 Å². The Labute approximate surface area is 154 Å². The highest BCUT2D eigenvalue weighted by molar-refractivity contribution is 7.12. The van der Waals surface area contributed by atoms with E-state index in [4.69, 9.17) is 4.74 Å². The summed E-state index contributed by atoms with van der Waals surface area (Å²) in [6.07, 6.45) is 0.733. The van der Waals surface area contributed by atoms with Gasteiger partial charge in [-0.1, -0.05) is 18.2 Å². The highest BCUT2D eigenvalue weighted by Gasteiger charge is 2.34. The van der Waals surface area contributed by atoms with Crippen LogP contribution in [0.2, 0.25) is 0 Å². The molecule has 0 aliphatic carbocycles. The fourth-order valence-corrected chi connectivity index (χ4v) is 4.41. The molecule has 0 radical (unpaired) electrons. The Balaban J connectivity index is 1.71. The second kappa shape index (κ2) is 6.82. The Bertz CT molecular complexity index is 901. The first-order chi connectivity index (χ1) is 12.3. The zero-order valence-corrected chi connectivity index (χ0v) is 15.2. The average Bonchev–Trinajstić information content (AvgIpc) is 3.41. The van der Waals surface area contributed by atoms with Gasteiger partial charge >= 0.3 is 0 Å². The second-order valence-electron chi connectivity index (χ2n) is 5.64. The zero-order chi connectivity index (χ0) is 17.2. The van der Waals surface area contributed by atoms with Crippen LogP contribution in [0.15, 0.2) is 64.4 Å². The number of nitrogens with zero attached hydrogens (tertiary/aromatic N) is 2. The third kappa shape index (κ3) is 3.10. The van der Waals surface area contributed by atoms with Gasteiger partial charge in [-0.05, 0) is 41.1 Å². The van der Waals surface area contributed by atoms with E-state index in [1.165, 1.54) is 0 Å². The lowest BCUT2D eigenvalue weighted by Gasteiger charge is -2.20. The molecule has 4 nitrogen and oxygen atoms in total. The van der Waals surface area contributed by atoms with Crippen LogP contribution in [0.1, 0.15) is 32.6 Å². The molecule has 0 N–H and O–H groups in total. The number of hydrogen-bond acceptors (Lipinski definition) is 5. The lowest BCUT2D eigenvalue weighted by atomic mass is 10.1. The molecule has 1 amide bonds. The van der Waals surface area contributed by atoms with Crippen molar-refractivity contribution < 1.29 is 9.53 Å². The molecule has 4 rings (SSSR count). The smallest absolute Gasteiger partial charge is 0.274 e. The Morgan fingerprint density at radius 2 is 2.00 bits per heavy atom. The van der Waals surface area contributed by atoms with Crippen LogP contribution in [-0.2, 0) is 0 Å². The van der Waals surface area contributed by atoms with Crippen molar-refractivity contribution in [1.29, 1.82) is 0 Å². The van der Waals surface area contributed by atoms with Gasteiger partial charge in [0.15, 0.2) is 0 Å². The van der Waals surface area contributed by atoms with Crippen molar-refractivity contribution in [3.63, 3.8) is 0 Å². The van der Waals surface area contributed by atoms with Crippen LogP contribution in [0.3, 0.4) is 0 Å². The molecule has 0 unspecified atom stereocenters. The molecule has 1 atom stereocenters. The molecule has 1 aromatic carbocycles. The molecule has 0 saturated heterocycles. The van der Waals surface area contributed by atoms with E-state index >= 15 is 0 Å². The maximum absolute atomic E-state index is 13.1. The third-order valence-electron chi connectivity index (χ3n) is 4.11. The van der Waals surface area contributed by atoms with Crippen LogP contribution in [0, 0.1) is 0 Å². The minimum absolute atomic E-state index is 0.0594. The van der Waals surface area contributed by atoms with Crippen molar-refractivity contribution in [3.8, 4) is 5.75 Å². The molecular formula is C19H16N2O2S2. The molecule has 1 aliphatic rings. The van der Waals surface area contributed by atoms with E-state index in [-0.39, 0.29) is 11.9 Å². The minimum Gasteiger partial charge on any atom is -0.497 e. The first-order valence-electron chi connectivity index (χ1n) is 7.88. The van der Waals surface area contributed by atoms with Crippen LogP contribution in [-0.4, -0.2) is 23.7 Å². The summed E-state index contributed by atoms with van der Waals surface area (Å²) < 4.78 is 5.24. The average molecular weight is 368 g/mol. The summed E-state index contributed by atoms with van der Waals surface area (Å²) >= 11 is 3.30. The van der Waals surface area contributed by atoms with E-state index < -0.39 is 0 Å². The lowest BCUT2D eigenvalue weighted by molar-refractivity contribution is 0.0713. The van der Waals surface area contributed by atoms with Gasteiger partial charge in [0.2, 0.25) is 0 Å². The fraction of sp³-hybridized carbons (Fsp3) is 0.158. The van der Waals surface area contributed by atoms with Gasteiger partial charge in [0.05, 0.1) is 23.7 Å². The monoisotopic (exact) mass is 368 g/mol. The Kier molecular flexibility index (Phi) is 4.38. The Morgan fingerprint density at radius 3 is 2.72 bits per heavy atom. The standard InChI is InChI=1S/C19H16N2O2S2/c1-23-14-6-2-5-13(11-14)19(22)21-16(18-8-4-10-25-18)12-15(20-21)17-7-3-9-24-17/h2-11,16H,12H2,1H3/t16-/m1/s1. The summed E-state index contributed by atoms with van der Waals surface area (Å²) in [6, 6.07) is 15.3. The predicted octanol–water partition coefficient (Wildman–Crippen LogP) is 4.81. The number of carbonyl (C=O) groups is 1. The number of benzene rings is 1. The SMILES string of the molecule is COc1cccc(C(=O)N2N=C(c3cccs3)C[C@@H]2c2cccs2)c1. The molecule has 0 saturated carbocycles. The van der Waals surface area contributed by atoms with Crippen molar-refractivity contribution in [2.45, 2.75) is 12.5 Å². The molecule has 25 heavy (non-hydrogen) atoms. The molecule has 0 bridgehead atoms. The van der Waals surface area contributed by atoms with Crippen molar-refractivity contribution >= 4 is 34.3 Å². The van der Waals surface area contributed by atoms with Gasteiger partial charge in [0, 0.05) is 16.9 Å². The van der Waals surface area contributed by atoms with E-state index in [1.807, 2.05) is 35.0 Å². The highest BCUT2D eigenvalue weighted by atomic mass is 32.1. The topological polar surface area (TPSA) is 41.9 Å². The molecule has 3 aromatic rings. The highest BCUT2D eigenvalue weighted by Crippen LogP contribution is 2.37. The Morgan fingerprint density at radius 1 is 1.16 bits per heavy atom. The number of amides is 1. The number of thiophene rings is 2. The van der Waals surface area contributed by atoms with Crippen LogP contribution in [0.5, 0.6) is 5.75 Å². The molecular weight excluding hydrogens is 352 g/mol. The molecule has 2 aromatic heterocycles. The van der Waals surface area contributed by atoms with Gasteiger partial charge in [0.1, 0.15) is 5.75 Å². The van der Waals surface area contributed by atoms with E-state index in [0.29, 0.717) is 11.3 Å². The van der Waals surface area contributed by atoms with Gasteiger partial charge in [-0.2, -0.15) is 5.10 Å². The largest absolute Gasteiger partial charge is 0.497 e. The lowest BCUT2D eigenvalue weighted by Crippen LogP contribution is -2.26. The van der Waals surface area contributed by atoms with Crippen molar-refractivity contribution in [1.82, 2.24) is 5.01 Å². The van der Waals surface area contributed by atoms with Gasteiger partial charge < -0.3 is 4.74 Å². The summed E-state index contributed by atoms with van der Waals surface area (Å²) in [5.41, 5.74) is 1.54. The number of ether oxygens (including phenoxy) is 1. The molecule has 6 heteroatoms. The molecule has 1 aliphatic heterocycles. The Hall–Kier alpha value is -2.44. The maximum atomic E-state index is 13.1. The summed E-state index contributed by atoms with van der Waals surface area (Å²) in [5, 5.41) is 10.4. The van der Waals surface area contributed by atoms with Crippen LogP contribution >= 0.6 is 22.7 Å². The number of hydrazone groups is 1. The van der Waals surface area contributed by atoms with Gasteiger partial charge in [0.25, 0.3) is 5.91 Å². The summed E-state index contributed by atoms with van der Waals surface area (Å²) in [5.74, 6) is 0.559. The molecule has 0 fully saturated rings. The molecule has 126 valence electrons. The minimum atomic E-state index is -0.108. The van der Waals surface area contributed by atoms with Crippen molar-refractivity contribution in [2.75, 3.05) is 7.11 Å². The first kappa shape index (κ1) is 16.1. The van der Waals surface area contributed by atoms with Crippen LogP contribution in [0.25, 0.3) is 0 Å². The van der Waals surface area contributed by atoms with Gasteiger partial charge in [-0.25, -0.2) is 5.01 Å². The number of methoxy groups -OCH3 is 1. The molecule has 0 spiro atoms. The predicted molar refractivity (Wildman–Crippen MR) is 102 cm³/mol. The first-order valence-corrected chi connectivity index (χ1v) is 9.64. The van der Waals surface area contributed by atoms with Gasteiger partial charge in [-0.15, -0.1) is 22.7 Å². The number of rotatable bonds is 4. The maximum Gasteiger partial charge on any atom is 0.274 e. The summed E-state index contributed by atoms with van der Waals surface area (Å²) in [4.78, 5) is 15.4. The summed E-state index contributed by atoms with van der Waals surface area (Å²) in [6.45, 7) is 0. The number of carbonyl (C=O) groups excluding carboxylic acids is 1. The van der Waals surface area contributed by atoms with Gasteiger partial charge in [-0.3, -0.25) is 4.79 Å². The van der Waals surface area contributed by atoms with E-state index in [0.717, 1.165) is 21.9 Å². The van der Waals surface area contributed by atoms with Crippen molar-refractivity contribution in [2.24, 2.45) is 5.10 Å². The van der Waals surface area contributed by atoms with Crippen LogP contribution < -0.4 is 4.74 Å². The normalized spacial score (nSPS) is 16.8. The van der Waals surface area contributed by atoms with E-state index in [9.17, 15) is 4.79 Å². The van der Waals surface area contributed by atoms with E-state index in [1.54, 1.807) is 46.9 Å². The zero-order valence-electron chi connectivity index (χ0n) is 13.6. The van der Waals surface area contributed by atoms with Crippen LogP contribution in [0.4, 0.5) is 0 Å². The number of hydrogen-bond donors (Lipinski definition) is 0. The quantitative estimate of drug-likeness (QED) is 0.663. The summed E-state index contributed by atoms with van der Waals surface area (Å²) in [7, 11) is 1.60. The second-order valence-corrected chi connectivity index (χ2v) is 7.57. The van der Waals surface area contributed by atoms with Crippen molar-refractivity contribution in [3.05, 3.63) is 74.6 Å². The fourth-order valence-electron chi connectivity index (χ4n) is 2.88.